The van der Waals surface area contributed by atoms with Crippen molar-refractivity contribution in [2.45, 2.75) is 34.1 Å². The zero-order chi connectivity index (χ0) is 18.8. The largest absolute Gasteiger partial charge is 0.361 e. The molecule has 26 heavy (non-hydrogen) atoms. The molecule has 0 saturated carbocycles. The standard InChI is InChI=1S/C19H30N4O3/c1-13-9-14(2)11-23(10-13)17(24)12-21-5-7-22(8-6-21)19(25)18-15(3)20-26-16(18)4/h13-14H,5-12H2,1-4H3. The molecule has 0 N–H and O–H groups in total. The van der Waals surface area contributed by atoms with Gasteiger partial charge in [0.1, 0.15) is 11.3 Å². The molecule has 2 unspecified atom stereocenters. The molecule has 3 rings (SSSR count). The fraction of sp³-hybridized carbons (Fsp3) is 0.737. The highest BCUT2D eigenvalue weighted by molar-refractivity contribution is 5.96. The second kappa shape index (κ2) is 7.78. The number of carbonyl (C=O) groups is 2. The molecule has 2 fully saturated rings. The summed E-state index contributed by atoms with van der Waals surface area (Å²) in [4.78, 5) is 31.3. The maximum atomic E-state index is 12.7. The SMILES string of the molecule is Cc1noc(C)c1C(=O)N1CCN(CC(=O)N2CC(C)CC(C)C2)CC1. The third kappa shape index (κ3) is 4.09. The van der Waals surface area contributed by atoms with Crippen LogP contribution in [0.3, 0.4) is 0 Å². The molecule has 3 heterocycles. The lowest BCUT2D eigenvalue weighted by molar-refractivity contribution is -0.135. The molecule has 2 aliphatic rings. The van der Waals surface area contributed by atoms with Gasteiger partial charge in [0, 0.05) is 39.3 Å². The third-order valence-corrected chi connectivity index (χ3v) is 5.49. The summed E-state index contributed by atoms with van der Waals surface area (Å²) in [6, 6.07) is 0. The molecule has 7 nitrogen and oxygen atoms in total. The van der Waals surface area contributed by atoms with Crippen molar-refractivity contribution < 1.29 is 14.1 Å². The van der Waals surface area contributed by atoms with Gasteiger partial charge >= 0.3 is 0 Å². The number of aryl methyl sites for hydroxylation is 2. The number of likely N-dealkylation sites (tertiary alicyclic amines) is 1. The van der Waals surface area contributed by atoms with Crippen LogP contribution in [0, 0.1) is 25.7 Å². The van der Waals surface area contributed by atoms with Crippen LogP contribution in [0.4, 0.5) is 0 Å². The molecule has 2 atom stereocenters. The highest BCUT2D eigenvalue weighted by atomic mass is 16.5. The van der Waals surface area contributed by atoms with E-state index < -0.39 is 0 Å². The number of nitrogens with zero attached hydrogens (tertiary/aromatic N) is 4. The minimum absolute atomic E-state index is 0.0223. The Labute approximate surface area is 155 Å². The number of hydrogen-bond donors (Lipinski definition) is 0. The zero-order valence-corrected chi connectivity index (χ0v) is 16.3. The van der Waals surface area contributed by atoms with Gasteiger partial charge in [-0.15, -0.1) is 0 Å². The Bertz CT molecular complexity index is 634. The van der Waals surface area contributed by atoms with Gasteiger partial charge in [-0.2, -0.15) is 0 Å². The van der Waals surface area contributed by atoms with Gasteiger partial charge in [-0.3, -0.25) is 14.5 Å². The lowest BCUT2D eigenvalue weighted by Gasteiger charge is -2.38. The Morgan fingerprint density at radius 3 is 2.19 bits per heavy atom. The van der Waals surface area contributed by atoms with E-state index in [1.165, 1.54) is 6.42 Å². The average molecular weight is 362 g/mol. The summed E-state index contributed by atoms with van der Waals surface area (Å²) in [5.74, 6) is 1.91. The van der Waals surface area contributed by atoms with Crippen molar-refractivity contribution in [1.29, 1.82) is 0 Å². The number of carbonyl (C=O) groups excluding carboxylic acids is 2. The molecular weight excluding hydrogens is 332 g/mol. The Morgan fingerprint density at radius 1 is 1.04 bits per heavy atom. The van der Waals surface area contributed by atoms with Crippen LogP contribution in [0.25, 0.3) is 0 Å². The van der Waals surface area contributed by atoms with Crippen LogP contribution in [0.5, 0.6) is 0 Å². The van der Waals surface area contributed by atoms with Crippen molar-refractivity contribution in [3.05, 3.63) is 17.0 Å². The quantitative estimate of drug-likeness (QED) is 0.816. The molecule has 7 heteroatoms. The molecule has 2 saturated heterocycles. The highest BCUT2D eigenvalue weighted by Crippen LogP contribution is 2.21. The smallest absolute Gasteiger partial charge is 0.259 e. The van der Waals surface area contributed by atoms with Gasteiger partial charge in [-0.1, -0.05) is 19.0 Å². The first-order valence-electron chi connectivity index (χ1n) is 9.57. The molecule has 1 aromatic rings. The van der Waals surface area contributed by atoms with Crippen LogP contribution >= 0.6 is 0 Å². The van der Waals surface area contributed by atoms with Crippen molar-refractivity contribution in [2.75, 3.05) is 45.8 Å². The van der Waals surface area contributed by atoms with Crippen LogP contribution in [0.1, 0.15) is 42.1 Å². The fourth-order valence-corrected chi connectivity index (χ4v) is 4.21. The van der Waals surface area contributed by atoms with Crippen molar-refractivity contribution >= 4 is 11.8 Å². The number of aromatic nitrogens is 1. The van der Waals surface area contributed by atoms with E-state index in [1.54, 1.807) is 13.8 Å². The summed E-state index contributed by atoms with van der Waals surface area (Å²) in [6.07, 6.45) is 1.20. The Hall–Kier alpha value is -1.89. The average Bonchev–Trinajstić information content (AvgIpc) is 2.92. The summed E-state index contributed by atoms with van der Waals surface area (Å²) in [5.41, 5.74) is 1.21. The molecule has 1 aromatic heterocycles. The van der Waals surface area contributed by atoms with E-state index in [9.17, 15) is 9.59 Å². The van der Waals surface area contributed by atoms with E-state index in [4.69, 9.17) is 4.52 Å². The first kappa shape index (κ1) is 18.9. The van der Waals surface area contributed by atoms with E-state index in [0.717, 1.165) is 26.2 Å². The molecular formula is C19H30N4O3. The summed E-state index contributed by atoms with van der Waals surface area (Å²) < 4.78 is 5.11. The topological polar surface area (TPSA) is 69.9 Å². The van der Waals surface area contributed by atoms with Crippen molar-refractivity contribution in [3.8, 4) is 0 Å². The Kier molecular flexibility index (Phi) is 5.65. The van der Waals surface area contributed by atoms with E-state index in [-0.39, 0.29) is 11.8 Å². The third-order valence-electron chi connectivity index (χ3n) is 5.49. The predicted molar refractivity (Wildman–Crippen MR) is 97.8 cm³/mol. The molecule has 0 aliphatic carbocycles. The second-order valence-corrected chi connectivity index (χ2v) is 8.01. The molecule has 0 bridgehead atoms. The zero-order valence-electron chi connectivity index (χ0n) is 16.3. The molecule has 0 aromatic carbocycles. The lowest BCUT2D eigenvalue weighted by Crippen LogP contribution is -2.53. The van der Waals surface area contributed by atoms with Gasteiger partial charge in [0.15, 0.2) is 0 Å². The fourth-order valence-electron chi connectivity index (χ4n) is 4.21. The number of rotatable bonds is 3. The van der Waals surface area contributed by atoms with E-state index in [1.807, 2.05) is 9.80 Å². The minimum Gasteiger partial charge on any atom is -0.361 e. The first-order chi connectivity index (χ1) is 12.3. The minimum atomic E-state index is -0.0223. The van der Waals surface area contributed by atoms with Crippen LogP contribution in [-0.4, -0.2) is 77.5 Å². The van der Waals surface area contributed by atoms with Gasteiger partial charge in [0.2, 0.25) is 5.91 Å². The molecule has 144 valence electrons. The summed E-state index contributed by atoms with van der Waals surface area (Å²) >= 11 is 0. The van der Waals surface area contributed by atoms with Crippen LogP contribution in [0.2, 0.25) is 0 Å². The van der Waals surface area contributed by atoms with Gasteiger partial charge in [0.25, 0.3) is 5.91 Å². The van der Waals surface area contributed by atoms with Gasteiger partial charge < -0.3 is 14.3 Å². The Morgan fingerprint density at radius 2 is 1.65 bits per heavy atom. The molecule has 0 radical (unpaired) electrons. The van der Waals surface area contributed by atoms with Gasteiger partial charge in [-0.25, -0.2) is 0 Å². The predicted octanol–water partition coefficient (Wildman–Crippen LogP) is 1.55. The van der Waals surface area contributed by atoms with Crippen LogP contribution < -0.4 is 0 Å². The van der Waals surface area contributed by atoms with E-state index in [2.05, 4.69) is 23.9 Å². The summed E-state index contributed by atoms with van der Waals surface area (Å²) in [7, 11) is 0. The second-order valence-electron chi connectivity index (χ2n) is 8.01. The van der Waals surface area contributed by atoms with E-state index >= 15 is 0 Å². The lowest BCUT2D eigenvalue weighted by atomic mass is 9.92. The molecule has 2 amide bonds. The monoisotopic (exact) mass is 362 g/mol. The number of piperidine rings is 1. The Balaban J connectivity index is 1.51. The maximum Gasteiger partial charge on any atom is 0.259 e. The van der Waals surface area contributed by atoms with Crippen molar-refractivity contribution in [3.63, 3.8) is 0 Å². The first-order valence-corrected chi connectivity index (χ1v) is 9.57. The number of piperazine rings is 1. The summed E-state index contributed by atoms with van der Waals surface area (Å²) in [6.45, 7) is 12.9. The highest BCUT2D eigenvalue weighted by Gasteiger charge is 2.30. The van der Waals surface area contributed by atoms with Gasteiger partial charge in [0.05, 0.1) is 12.2 Å². The van der Waals surface area contributed by atoms with Crippen LogP contribution in [0.15, 0.2) is 4.52 Å². The summed E-state index contributed by atoms with van der Waals surface area (Å²) in [5, 5.41) is 3.87. The van der Waals surface area contributed by atoms with Crippen LogP contribution in [-0.2, 0) is 4.79 Å². The molecule has 0 spiro atoms. The maximum absolute atomic E-state index is 12.7. The van der Waals surface area contributed by atoms with Gasteiger partial charge in [-0.05, 0) is 32.1 Å². The number of hydrogen-bond acceptors (Lipinski definition) is 5. The van der Waals surface area contributed by atoms with E-state index in [0.29, 0.717) is 48.5 Å². The number of amides is 2. The molecule has 2 aliphatic heterocycles. The van der Waals surface area contributed by atoms with Crippen molar-refractivity contribution in [1.82, 2.24) is 19.9 Å². The van der Waals surface area contributed by atoms with Crippen molar-refractivity contribution in [2.24, 2.45) is 11.8 Å². The normalized spacial score (nSPS) is 24.8.